The molecule has 100 valence electrons. The summed E-state index contributed by atoms with van der Waals surface area (Å²) in [6, 6.07) is 7.62. The van der Waals surface area contributed by atoms with Gasteiger partial charge in [0.2, 0.25) is 5.91 Å². The minimum absolute atomic E-state index is 0.0360. The van der Waals surface area contributed by atoms with Crippen molar-refractivity contribution < 1.29 is 9.53 Å². The van der Waals surface area contributed by atoms with Crippen LogP contribution in [-0.4, -0.2) is 29.0 Å². The SMILES string of the molecule is COc1ccccc1CNC(=O)CSc1nncs1. The van der Waals surface area contributed by atoms with Crippen molar-refractivity contribution in [3.05, 3.63) is 35.3 Å². The molecule has 2 aromatic rings. The molecule has 1 aromatic carbocycles. The molecule has 0 spiro atoms. The van der Waals surface area contributed by atoms with Gasteiger partial charge in [0.1, 0.15) is 11.3 Å². The van der Waals surface area contributed by atoms with E-state index < -0.39 is 0 Å². The minimum atomic E-state index is -0.0360. The summed E-state index contributed by atoms with van der Waals surface area (Å²) in [5.74, 6) is 1.08. The molecule has 1 heterocycles. The van der Waals surface area contributed by atoms with Crippen molar-refractivity contribution in [1.82, 2.24) is 15.5 Å². The smallest absolute Gasteiger partial charge is 0.230 e. The fourth-order valence-electron chi connectivity index (χ4n) is 1.45. The van der Waals surface area contributed by atoms with Crippen LogP contribution in [0, 0.1) is 0 Å². The molecule has 0 saturated heterocycles. The summed E-state index contributed by atoms with van der Waals surface area (Å²) in [6.45, 7) is 0.458. The molecule has 0 atom stereocenters. The van der Waals surface area contributed by atoms with Crippen LogP contribution in [0.4, 0.5) is 0 Å². The third-order valence-electron chi connectivity index (χ3n) is 2.34. The van der Waals surface area contributed by atoms with Crippen LogP contribution in [0.15, 0.2) is 34.1 Å². The highest BCUT2D eigenvalue weighted by Crippen LogP contribution is 2.19. The molecule has 0 saturated carbocycles. The number of ether oxygens (including phenoxy) is 1. The standard InChI is InChI=1S/C12H13N3O2S2/c1-17-10-5-3-2-4-9(10)6-13-11(16)7-18-12-15-14-8-19-12/h2-5,8H,6-7H2,1H3,(H,13,16). The second kappa shape index (κ2) is 7.10. The Bertz CT molecular complexity index is 532. The van der Waals surface area contributed by atoms with Crippen LogP contribution in [-0.2, 0) is 11.3 Å². The first-order valence-corrected chi connectivity index (χ1v) is 7.43. The number of thioether (sulfide) groups is 1. The molecule has 0 fully saturated rings. The lowest BCUT2D eigenvalue weighted by molar-refractivity contribution is -0.118. The minimum Gasteiger partial charge on any atom is -0.496 e. The number of benzene rings is 1. The number of rotatable bonds is 6. The predicted molar refractivity (Wildman–Crippen MR) is 75.5 cm³/mol. The van der Waals surface area contributed by atoms with Crippen LogP contribution >= 0.6 is 23.1 Å². The summed E-state index contributed by atoms with van der Waals surface area (Å²) >= 11 is 2.81. The van der Waals surface area contributed by atoms with Gasteiger partial charge in [-0.2, -0.15) is 0 Å². The largest absolute Gasteiger partial charge is 0.496 e. The number of amides is 1. The highest BCUT2D eigenvalue weighted by atomic mass is 32.2. The summed E-state index contributed by atoms with van der Waals surface area (Å²) in [5.41, 5.74) is 2.61. The van der Waals surface area contributed by atoms with Gasteiger partial charge in [-0.3, -0.25) is 4.79 Å². The number of carbonyl (C=O) groups is 1. The van der Waals surface area contributed by atoms with Crippen LogP contribution in [0.2, 0.25) is 0 Å². The second-order valence-electron chi connectivity index (χ2n) is 3.58. The van der Waals surface area contributed by atoms with Crippen LogP contribution in [0.5, 0.6) is 5.75 Å². The maximum Gasteiger partial charge on any atom is 0.230 e. The molecule has 19 heavy (non-hydrogen) atoms. The number of hydrogen-bond acceptors (Lipinski definition) is 6. The Hall–Kier alpha value is -1.60. The Balaban J connectivity index is 1.80. The first-order chi connectivity index (χ1) is 9.29. The molecule has 7 heteroatoms. The fraction of sp³-hybridized carbons (Fsp3) is 0.250. The fourth-order valence-corrected chi connectivity index (χ4v) is 2.77. The molecule has 0 radical (unpaired) electrons. The second-order valence-corrected chi connectivity index (χ2v) is 5.64. The quantitative estimate of drug-likeness (QED) is 0.825. The maximum absolute atomic E-state index is 11.7. The third kappa shape index (κ3) is 4.22. The summed E-state index contributed by atoms with van der Waals surface area (Å²) in [7, 11) is 1.62. The molecule has 0 aliphatic rings. The van der Waals surface area contributed by atoms with E-state index in [2.05, 4.69) is 15.5 Å². The maximum atomic E-state index is 11.7. The van der Waals surface area contributed by atoms with E-state index >= 15 is 0 Å². The van der Waals surface area contributed by atoms with Crippen molar-refractivity contribution in [2.24, 2.45) is 0 Å². The van der Waals surface area contributed by atoms with Crippen molar-refractivity contribution in [1.29, 1.82) is 0 Å². The topological polar surface area (TPSA) is 64.1 Å². The predicted octanol–water partition coefficient (Wildman–Crippen LogP) is 1.96. The average Bonchev–Trinajstić information content (AvgIpc) is 2.96. The van der Waals surface area contributed by atoms with Crippen LogP contribution < -0.4 is 10.1 Å². The number of methoxy groups -OCH3 is 1. The number of carbonyl (C=O) groups excluding carboxylic acids is 1. The molecule has 2 rings (SSSR count). The number of nitrogens with zero attached hydrogens (tertiary/aromatic N) is 2. The Kier molecular flexibility index (Phi) is 5.17. The normalized spacial score (nSPS) is 10.2. The van der Waals surface area contributed by atoms with Crippen molar-refractivity contribution in [3.63, 3.8) is 0 Å². The van der Waals surface area contributed by atoms with Gasteiger partial charge >= 0.3 is 0 Å². The lowest BCUT2D eigenvalue weighted by atomic mass is 10.2. The molecule has 1 aromatic heterocycles. The Labute approximate surface area is 119 Å². The van der Waals surface area contributed by atoms with E-state index in [-0.39, 0.29) is 5.91 Å². The van der Waals surface area contributed by atoms with Gasteiger partial charge in [-0.15, -0.1) is 10.2 Å². The lowest BCUT2D eigenvalue weighted by Gasteiger charge is -2.08. The first-order valence-electron chi connectivity index (χ1n) is 5.57. The highest BCUT2D eigenvalue weighted by Gasteiger charge is 2.06. The molecule has 1 N–H and O–H groups in total. The number of nitrogens with one attached hydrogen (secondary N) is 1. The summed E-state index contributed by atoms with van der Waals surface area (Å²) < 4.78 is 6.02. The summed E-state index contributed by atoms with van der Waals surface area (Å²) in [6.07, 6.45) is 0. The van der Waals surface area contributed by atoms with Gasteiger partial charge in [-0.1, -0.05) is 41.3 Å². The van der Waals surface area contributed by atoms with Gasteiger partial charge in [0.05, 0.1) is 12.9 Å². The molecule has 1 amide bonds. The number of para-hydroxylation sites is 1. The lowest BCUT2D eigenvalue weighted by Crippen LogP contribution is -2.24. The van der Waals surface area contributed by atoms with Crippen molar-refractivity contribution in [2.45, 2.75) is 10.9 Å². The Morgan fingerprint density at radius 1 is 1.47 bits per heavy atom. The Morgan fingerprint density at radius 2 is 2.32 bits per heavy atom. The molecule has 0 unspecified atom stereocenters. The average molecular weight is 295 g/mol. The zero-order valence-corrected chi connectivity index (χ0v) is 12.0. The van der Waals surface area contributed by atoms with E-state index in [0.717, 1.165) is 15.7 Å². The van der Waals surface area contributed by atoms with Gasteiger partial charge < -0.3 is 10.1 Å². The van der Waals surface area contributed by atoms with Crippen molar-refractivity contribution in [2.75, 3.05) is 12.9 Å². The Morgan fingerprint density at radius 3 is 3.05 bits per heavy atom. The number of aromatic nitrogens is 2. The van der Waals surface area contributed by atoms with E-state index in [9.17, 15) is 4.79 Å². The van der Waals surface area contributed by atoms with E-state index in [4.69, 9.17) is 4.74 Å². The van der Waals surface area contributed by atoms with Gasteiger partial charge in [0, 0.05) is 12.1 Å². The first kappa shape index (κ1) is 13.8. The molecule has 5 nitrogen and oxygen atoms in total. The zero-order chi connectivity index (χ0) is 13.5. The molecule has 0 bridgehead atoms. The highest BCUT2D eigenvalue weighted by molar-refractivity contribution is 8.01. The third-order valence-corrected chi connectivity index (χ3v) is 4.20. The molecular formula is C12H13N3O2S2. The number of hydrogen-bond donors (Lipinski definition) is 1. The van der Waals surface area contributed by atoms with Gasteiger partial charge in [0.15, 0.2) is 4.34 Å². The molecule has 0 aliphatic heterocycles. The van der Waals surface area contributed by atoms with E-state index in [0.29, 0.717) is 12.3 Å². The van der Waals surface area contributed by atoms with Gasteiger partial charge in [-0.25, -0.2) is 0 Å². The molecular weight excluding hydrogens is 282 g/mol. The van der Waals surface area contributed by atoms with E-state index in [1.165, 1.54) is 23.1 Å². The van der Waals surface area contributed by atoms with Crippen LogP contribution in [0.25, 0.3) is 0 Å². The summed E-state index contributed by atoms with van der Waals surface area (Å²) in [4.78, 5) is 11.7. The van der Waals surface area contributed by atoms with E-state index in [1.54, 1.807) is 12.6 Å². The monoisotopic (exact) mass is 295 g/mol. The van der Waals surface area contributed by atoms with Crippen LogP contribution in [0.1, 0.15) is 5.56 Å². The van der Waals surface area contributed by atoms with Crippen LogP contribution in [0.3, 0.4) is 0 Å². The molecule has 0 aliphatic carbocycles. The summed E-state index contributed by atoms with van der Waals surface area (Å²) in [5, 5.41) is 10.4. The van der Waals surface area contributed by atoms with Crippen molar-refractivity contribution in [3.8, 4) is 5.75 Å². The zero-order valence-electron chi connectivity index (χ0n) is 10.3. The van der Waals surface area contributed by atoms with Crippen molar-refractivity contribution >= 4 is 29.0 Å². The van der Waals surface area contributed by atoms with Gasteiger partial charge in [0.25, 0.3) is 0 Å². The van der Waals surface area contributed by atoms with Gasteiger partial charge in [-0.05, 0) is 6.07 Å². The van der Waals surface area contributed by atoms with E-state index in [1.807, 2.05) is 24.3 Å².